The lowest BCUT2D eigenvalue weighted by atomic mass is 10.2. The van der Waals surface area contributed by atoms with Crippen molar-refractivity contribution in [2.45, 2.75) is 43.9 Å². The van der Waals surface area contributed by atoms with Crippen LogP contribution in [0.4, 0.5) is 0 Å². The topological polar surface area (TPSA) is 26.3 Å². The molecule has 18 heavy (non-hydrogen) atoms. The summed E-state index contributed by atoms with van der Waals surface area (Å²) in [5, 5.41) is 0.406. The summed E-state index contributed by atoms with van der Waals surface area (Å²) in [4.78, 5) is 12.5. The van der Waals surface area contributed by atoms with Crippen molar-refractivity contribution < 1.29 is 9.53 Å². The lowest BCUT2D eigenvalue weighted by molar-refractivity contribution is 0.0497. The number of unbranched alkanes of at least 4 members (excludes halogenated alkanes) is 4. The van der Waals surface area contributed by atoms with Gasteiger partial charge in [-0.25, -0.2) is 4.79 Å². The largest absolute Gasteiger partial charge is 0.462 e. The van der Waals surface area contributed by atoms with Crippen LogP contribution in [0.3, 0.4) is 0 Å². The molecule has 1 aromatic rings. The van der Waals surface area contributed by atoms with E-state index in [9.17, 15) is 4.79 Å². The van der Waals surface area contributed by atoms with Crippen LogP contribution in [0, 0.1) is 0 Å². The van der Waals surface area contributed by atoms with E-state index in [1.54, 1.807) is 18.2 Å². The number of halogens is 1. The number of benzene rings is 1. The molecule has 0 radical (unpaired) electrons. The molecule has 0 bridgehead atoms. The molecule has 0 amide bonds. The van der Waals surface area contributed by atoms with E-state index in [4.69, 9.17) is 16.3 Å². The molecular weight excluding hydrogens is 268 g/mol. The fourth-order valence-electron chi connectivity index (χ4n) is 1.62. The summed E-state index contributed by atoms with van der Waals surface area (Å²) >= 11 is 10.1. The number of esters is 1. The van der Waals surface area contributed by atoms with Gasteiger partial charge in [0.15, 0.2) is 0 Å². The summed E-state index contributed by atoms with van der Waals surface area (Å²) in [5.74, 6) is -0.369. The summed E-state index contributed by atoms with van der Waals surface area (Å²) in [6, 6.07) is 5.03. The number of hydrogen-bond acceptors (Lipinski definition) is 3. The Balaban J connectivity index is 2.34. The van der Waals surface area contributed by atoms with Crippen LogP contribution in [-0.4, -0.2) is 12.6 Å². The van der Waals surface area contributed by atoms with Gasteiger partial charge in [0, 0.05) is 4.90 Å². The third-order valence-corrected chi connectivity index (χ3v) is 3.26. The molecule has 0 saturated heterocycles. The summed E-state index contributed by atoms with van der Waals surface area (Å²) < 4.78 is 5.19. The van der Waals surface area contributed by atoms with Crippen LogP contribution in [-0.2, 0) is 4.74 Å². The first-order valence-corrected chi connectivity index (χ1v) is 7.13. The van der Waals surface area contributed by atoms with Crippen LogP contribution >= 0.6 is 24.2 Å². The van der Waals surface area contributed by atoms with Crippen molar-refractivity contribution >= 4 is 30.2 Å². The molecule has 0 unspecified atom stereocenters. The summed E-state index contributed by atoms with van der Waals surface area (Å²) in [6.07, 6.45) is 5.65. The number of thiol groups is 1. The van der Waals surface area contributed by atoms with Crippen molar-refractivity contribution in [2.24, 2.45) is 0 Å². The molecule has 0 saturated carbocycles. The van der Waals surface area contributed by atoms with Gasteiger partial charge in [0.25, 0.3) is 0 Å². The Kier molecular flexibility index (Phi) is 7.21. The van der Waals surface area contributed by atoms with E-state index in [0.29, 0.717) is 22.1 Å². The standard InChI is InChI=1S/C14H19ClO2S/c1-2-3-4-5-6-9-17-14(16)12-10-11(18)7-8-13(12)15/h7-8,10,18H,2-6,9H2,1H3. The molecule has 2 nitrogen and oxygen atoms in total. The van der Waals surface area contributed by atoms with E-state index in [2.05, 4.69) is 19.6 Å². The van der Waals surface area contributed by atoms with Crippen LogP contribution in [0.1, 0.15) is 49.4 Å². The third-order valence-electron chi connectivity index (χ3n) is 2.65. The molecule has 1 aromatic carbocycles. The highest BCUT2D eigenvalue weighted by atomic mass is 35.5. The Hall–Kier alpha value is -0.670. The zero-order valence-corrected chi connectivity index (χ0v) is 12.3. The molecule has 0 spiro atoms. The van der Waals surface area contributed by atoms with E-state index in [-0.39, 0.29) is 5.97 Å². The second kappa shape index (κ2) is 8.44. The summed E-state index contributed by atoms with van der Waals surface area (Å²) in [6.45, 7) is 2.63. The quantitative estimate of drug-likeness (QED) is 0.444. The first kappa shape index (κ1) is 15.4. The van der Waals surface area contributed by atoms with Crippen LogP contribution in [0.2, 0.25) is 5.02 Å². The van der Waals surface area contributed by atoms with E-state index in [0.717, 1.165) is 12.8 Å². The van der Waals surface area contributed by atoms with Gasteiger partial charge in [0.2, 0.25) is 0 Å². The Labute approximate surface area is 119 Å². The van der Waals surface area contributed by atoms with Gasteiger partial charge in [-0.2, -0.15) is 0 Å². The van der Waals surface area contributed by atoms with Crippen LogP contribution in [0.15, 0.2) is 23.1 Å². The molecule has 0 fully saturated rings. The lowest BCUT2D eigenvalue weighted by Gasteiger charge is -2.06. The zero-order chi connectivity index (χ0) is 13.4. The Bertz CT molecular complexity index is 393. The van der Waals surface area contributed by atoms with Crippen molar-refractivity contribution in [3.63, 3.8) is 0 Å². The van der Waals surface area contributed by atoms with Crippen molar-refractivity contribution in [1.29, 1.82) is 0 Å². The second-order valence-corrected chi connectivity index (χ2v) is 5.14. The maximum Gasteiger partial charge on any atom is 0.339 e. The number of hydrogen-bond donors (Lipinski definition) is 1. The minimum atomic E-state index is -0.369. The van der Waals surface area contributed by atoms with Gasteiger partial charge in [0.05, 0.1) is 17.2 Å². The fourth-order valence-corrected chi connectivity index (χ4v) is 2.02. The van der Waals surface area contributed by atoms with Gasteiger partial charge in [-0.05, 0) is 24.6 Å². The molecule has 0 aliphatic rings. The molecule has 4 heteroatoms. The SMILES string of the molecule is CCCCCCCOC(=O)c1cc(S)ccc1Cl. The minimum absolute atomic E-state index is 0.369. The molecule has 0 heterocycles. The maximum absolute atomic E-state index is 11.8. The number of rotatable bonds is 7. The summed E-state index contributed by atoms with van der Waals surface area (Å²) in [5.41, 5.74) is 0.387. The molecule has 100 valence electrons. The first-order chi connectivity index (χ1) is 8.65. The molecule has 0 N–H and O–H groups in total. The average Bonchev–Trinajstić information content (AvgIpc) is 2.36. The van der Waals surface area contributed by atoms with Crippen LogP contribution in [0.5, 0.6) is 0 Å². The molecular formula is C14H19ClO2S. The smallest absolute Gasteiger partial charge is 0.339 e. The third kappa shape index (κ3) is 5.32. The van der Waals surface area contributed by atoms with Crippen molar-refractivity contribution in [2.75, 3.05) is 6.61 Å². The molecule has 1 rings (SSSR count). The highest BCUT2D eigenvalue weighted by Crippen LogP contribution is 2.20. The van der Waals surface area contributed by atoms with Gasteiger partial charge in [-0.1, -0.05) is 44.2 Å². The predicted molar refractivity (Wildman–Crippen MR) is 77.7 cm³/mol. The van der Waals surface area contributed by atoms with Gasteiger partial charge < -0.3 is 4.74 Å². The van der Waals surface area contributed by atoms with Crippen molar-refractivity contribution in [1.82, 2.24) is 0 Å². The maximum atomic E-state index is 11.8. The molecule has 0 atom stereocenters. The Morgan fingerprint density at radius 3 is 2.72 bits per heavy atom. The number of carbonyl (C=O) groups is 1. The molecule has 0 aliphatic heterocycles. The fraction of sp³-hybridized carbons (Fsp3) is 0.500. The first-order valence-electron chi connectivity index (χ1n) is 6.30. The van der Waals surface area contributed by atoms with Crippen LogP contribution in [0.25, 0.3) is 0 Å². The van der Waals surface area contributed by atoms with Crippen molar-refractivity contribution in [3.8, 4) is 0 Å². The van der Waals surface area contributed by atoms with E-state index < -0.39 is 0 Å². The highest BCUT2D eigenvalue weighted by molar-refractivity contribution is 7.80. The Morgan fingerprint density at radius 1 is 1.28 bits per heavy atom. The number of ether oxygens (including phenoxy) is 1. The van der Waals surface area contributed by atoms with Gasteiger partial charge >= 0.3 is 5.97 Å². The van der Waals surface area contributed by atoms with Gasteiger partial charge in [-0.15, -0.1) is 12.6 Å². The monoisotopic (exact) mass is 286 g/mol. The highest BCUT2D eigenvalue weighted by Gasteiger charge is 2.11. The Morgan fingerprint density at radius 2 is 2.00 bits per heavy atom. The predicted octanol–water partition coefficient (Wildman–Crippen LogP) is 4.76. The summed E-state index contributed by atoms with van der Waals surface area (Å²) in [7, 11) is 0. The van der Waals surface area contributed by atoms with E-state index >= 15 is 0 Å². The van der Waals surface area contributed by atoms with Gasteiger partial charge in [-0.3, -0.25) is 0 Å². The van der Waals surface area contributed by atoms with E-state index in [1.165, 1.54) is 19.3 Å². The second-order valence-electron chi connectivity index (χ2n) is 4.21. The van der Waals surface area contributed by atoms with Crippen molar-refractivity contribution in [3.05, 3.63) is 28.8 Å². The zero-order valence-electron chi connectivity index (χ0n) is 10.6. The van der Waals surface area contributed by atoms with E-state index in [1.807, 2.05) is 0 Å². The normalized spacial score (nSPS) is 10.4. The molecule has 0 aliphatic carbocycles. The average molecular weight is 287 g/mol. The molecule has 0 aromatic heterocycles. The lowest BCUT2D eigenvalue weighted by Crippen LogP contribution is -2.07. The van der Waals surface area contributed by atoms with Crippen LogP contribution < -0.4 is 0 Å². The van der Waals surface area contributed by atoms with Gasteiger partial charge in [0.1, 0.15) is 0 Å². The number of carbonyl (C=O) groups excluding carboxylic acids is 1. The minimum Gasteiger partial charge on any atom is -0.462 e.